The highest BCUT2D eigenvalue weighted by Gasteiger charge is 2.38. The number of hydrogen-bond acceptors (Lipinski definition) is 6. The number of hydrogen-bond donors (Lipinski definition) is 1. The minimum atomic E-state index is -4.94. The van der Waals surface area contributed by atoms with Crippen molar-refractivity contribution in [3.63, 3.8) is 0 Å². The summed E-state index contributed by atoms with van der Waals surface area (Å²) >= 11 is 0. The number of non-ortho nitro benzene ring substituents is 1. The van der Waals surface area contributed by atoms with Gasteiger partial charge in [-0.1, -0.05) is 12.1 Å². The number of halogens is 3. The van der Waals surface area contributed by atoms with E-state index in [0.717, 1.165) is 12.1 Å². The largest absolute Gasteiger partial charge is 0.423 e. The standard InChI is InChI=1S/C15H10F3N3O5/c16-15(17,18)12-7-10(4-5-13(12)21(25)26)19-8-14(22)9-2-1-3-11(6-9)20(23)24/h1-7,19H,8H2. The van der Waals surface area contributed by atoms with Crippen LogP contribution in [0, 0.1) is 20.2 Å². The smallest absolute Gasteiger partial charge is 0.378 e. The van der Waals surface area contributed by atoms with E-state index in [9.17, 15) is 38.2 Å². The molecule has 0 spiro atoms. The summed E-state index contributed by atoms with van der Waals surface area (Å²) in [6.45, 7) is -0.448. The molecule has 0 saturated heterocycles. The van der Waals surface area contributed by atoms with E-state index in [4.69, 9.17) is 0 Å². The van der Waals surface area contributed by atoms with Crippen LogP contribution in [0.3, 0.4) is 0 Å². The highest BCUT2D eigenvalue weighted by atomic mass is 19.4. The molecular formula is C15H10F3N3O5. The number of nitro groups is 2. The van der Waals surface area contributed by atoms with Gasteiger partial charge in [0.15, 0.2) is 5.78 Å². The van der Waals surface area contributed by atoms with Crippen molar-refractivity contribution >= 4 is 22.8 Å². The van der Waals surface area contributed by atoms with Crippen molar-refractivity contribution in [2.75, 3.05) is 11.9 Å². The Balaban J connectivity index is 2.19. The van der Waals surface area contributed by atoms with Gasteiger partial charge in [-0.15, -0.1) is 0 Å². The number of nitrogens with one attached hydrogen (secondary N) is 1. The van der Waals surface area contributed by atoms with Crippen LogP contribution >= 0.6 is 0 Å². The summed E-state index contributed by atoms with van der Waals surface area (Å²) in [5.41, 5.74) is -3.00. The number of benzene rings is 2. The summed E-state index contributed by atoms with van der Waals surface area (Å²) in [5.74, 6) is -0.597. The van der Waals surface area contributed by atoms with Crippen LogP contribution in [0.4, 0.5) is 30.2 Å². The predicted octanol–water partition coefficient (Wildman–Crippen LogP) is 3.82. The van der Waals surface area contributed by atoms with Crippen LogP contribution in [0.5, 0.6) is 0 Å². The van der Waals surface area contributed by atoms with Gasteiger partial charge in [0.05, 0.1) is 16.4 Å². The number of Topliss-reactive ketones (excluding diaryl/α,β-unsaturated/α-hetero) is 1. The van der Waals surface area contributed by atoms with Gasteiger partial charge in [-0.2, -0.15) is 13.2 Å². The van der Waals surface area contributed by atoms with E-state index in [1.807, 2.05) is 0 Å². The van der Waals surface area contributed by atoms with Crippen LogP contribution in [0.1, 0.15) is 15.9 Å². The van der Waals surface area contributed by atoms with E-state index in [2.05, 4.69) is 5.32 Å². The molecule has 2 aromatic carbocycles. The molecule has 136 valence electrons. The molecule has 0 fully saturated rings. The van der Waals surface area contributed by atoms with Crippen molar-refractivity contribution in [1.29, 1.82) is 0 Å². The molecule has 1 N–H and O–H groups in total. The third kappa shape index (κ3) is 4.32. The molecule has 0 aliphatic heterocycles. The lowest BCUT2D eigenvalue weighted by molar-refractivity contribution is -0.388. The fourth-order valence-electron chi connectivity index (χ4n) is 2.11. The third-order valence-corrected chi connectivity index (χ3v) is 3.33. The minimum absolute atomic E-state index is 0.00431. The van der Waals surface area contributed by atoms with Gasteiger partial charge in [0, 0.05) is 29.4 Å². The molecule has 0 amide bonds. The Bertz CT molecular complexity index is 883. The van der Waals surface area contributed by atoms with Gasteiger partial charge in [0.1, 0.15) is 5.56 Å². The van der Waals surface area contributed by atoms with Gasteiger partial charge in [-0.25, -0.2) is 0 Å². The molecule has 0 aliphatic rings. The second-order valence-electron chi connectivity index (χ2n) is 5.07. The van der Waals surface area contributed by atoms with Crippen LogP contribution in [0.15, 0.2) is 42.5 Å². The fraction of sp³-hybridized carbons (Fsp3) is 0.133. The van der Waals surface area contributed by atoms with Crippen molar-refractivity contribution in [3.05, 3.63) is 73.8 Å². The monoisotopic (exact) mass is 369 g/mol. The van der Waals surface area contributed by atoms with Crippen LogP contribution in [0.2, 0.25) is 0 Å². The lowest BCUT2D eigenvalue weighted by Gasteiger charge is -2.11. The van der Waals surface area contributed by atoms with Gasteiger partial charge < -0.3 is 5.32 Å². The fourth-order valence-corrected chi connectivity index (χ4v) is 2.11. The molecule has 2 aromatic rings. The maximum absolute atomic E-state index is 12.9. The summed E-state index contributed by atoms with van der Waals surface area (Å²) in [6.07, 6.45) is -4.94. The Kier molecular flexibility index (Phi) is 5.19. The number of nitro benzene ring substituents is 2. The molecule has 26 heavy (non-hydrogen) atoms. The Labute approximate surface area is 143 Å². The number of nitrogens with zero attached hydrogens (tertiary/aromatic N) is 2. The zero-order valence-corrected chi connectivity index (χ0v) is 12.8. The lowest BCUT2D eigenvalue weighted by atomic mass is 10.1. The average molecular weight is 369 g/mol. The zero-order valence-electron chi connectivity index (χ0n) is 12.8. The quantitative estimate of drug-likeness (QED) is 0.470. The normalized spacial score (nSPS) is 11.0. The highest BCUT2D eigenvalue weighted by molar-refractivity contribution is 5.99. The Morgan fingerprint density at radius 3 is 2.31 bits per heavy atom. The second kappa shape index (κ2) is 7.17. The summed E-state index contributed by atoms with van der Waals surface area (Å²) in [4.78, 5) is 31.6. The molecule has 0 heterocycles. The van der Waals surface area contributed by atoms with E-state index in [-0.39, 0.29) is 16.9 Å². The Morgan fingerprint density at radius 1 is 1.04 bits per heavy atom. The van der Waals surface area contributed by atoms with Crippen molar-refractivity contribution in [1.82, 2.24) is 0 Å². The van der Waals surface area contributed by atoms with Crippen molar-refractivity contribution in [2.45, 2.75) is 6.18 Å². The van der Waals surface area contributed by atoms with E-state index in [1.54, 1.807) is 0 Å². The Morgan fingerprint density at radius 2 is 1.73 bits per heavy atom. The molecule has 0 aliphatic carbocycles. The molecule has 0 radical (unpaired) electrons. The number of alkyl halides is 3. The molecule has 0 saturated carbocycles. The van der Waals surface area contributed by atoms with Crippen LogP contribution < -0.4 is 5.32 Å². The first-order valence-electron chi connectivity index (χ1n) is 6.97. The molecule has 0 bridgehead atoms. The maximum atomic E-state index is 12.9. The van der Waals surface area contributed by atoms with Gasteiger partial charge in [-0.3, -0.25) is 25.0 Å². The summed E-state index contributed by atoms with van der Waals surface area (Å²) in [6, 6.07) is 7.11. The highest BCUT2D eigenvalue weighted by Crippen LogP contribution is 2.37. The van der Waals surface area contributed by atoms with Gasteiger partial charge >= 0.3 is 6.18 Å². The predicted molar refractivity (Wildman–Crippen MR) is 84.0 cm³/mol. The first-order chi connectivity index (χ1) is 12.1. The van der Waals surface area contributed by atoms with E-state index < -0.39 is 39.6 Å². The molecule has 0 aromatic heterocycles. The van der Waals surface area contributed by atoms with Crippen molar-refractivity contribution < 1.29 is 27.8 Å². The minimum Gasteiger partial charge on any atom is -0.378 e. The topological polar surface area (TPSA) is 115 Å². The number of anilines is 1. The van der Waals surface area contributed by atoms with Crippen molar-refractivity contribution in [3.8, 4) is 0 Å². The van der Waals surface area contributed by atoms with Crippen molar-refractivity contribution in [2.24, 2.45) is 0 Å². The zero-order chi connectivity index (χ0) is 19.5. The number of rotatable bonds is 6. The van der Waals surface area contributed by atoms with Gasteiger partial charge in [0.25, 0.3) is 11.4 Å². The first kappa shape index (κ1) is 18.8. The lowest BCUT2D eigenvalue weighted by Crippen LogP contribution is -2.15. The van der Waals surface area contributed by atoms with Crippen LogP contribution in [-0.2, 0) is 6.18 Å². The molecule has 2 rings (SSSR count). The number of carbonyl (C=O) groups excluding carboxylic acids is 1. The summed E-state index contributed by atoms with van der Waals surface area (Å²) in [5, 5.41) is 23.8. The van der Waals surface area contributed by atoms with Gasteiger partial charge in [-0.05, 0) is 12.1 Å². The molecule has 8 nitrogen and oxygen atoms in total. The van der Waals surface area contributed by atoms with Crippen LogP contribution in [-0.4, -0.2) is 22.2 Å². The maximum Gasteiger partial charge on any atom is 0.423 e. The first-order valence-corrected chi connectivity index (χ1v) is 6.97. The summed E-state index contributed by atoms with van der Waals surface area (Å²) < 4.78 is 38.7. The second-order valence-corrected chi connectivity index (χ2v) is 5.07. The number of carbonyl (C=O) groups is 1. The molecule has 0 unspecified atom stereocenters. The Hall–Kier alpha value is -3.50. The SMILES string of the molecule is O=C(CNc1ccc([N+](=O)[O-])c(C(F)(F)F)c1)c1cccc([N+](=O)[O-])c1. The van der Waals surface area contributed by atoms with E-state index >= 15 is 0 Å². The van der Waals surface area contributed by atoms with E-state index in [0.29, 0.717) is 12.1 Å². The molecule has 0 atom stereocenters. The molecular weight excluding hydrogens is 359 g/mol. The van der Waals surface area contributed by atoms with Crippen LogP contribution in [0.25, 0.3) is 0 Å². The van der Waals surface area contributed by atoms with Gasteiger partial charge in [0.2, 0.25) is 0 Å². The number of ketones is 1. The van der Waals surface area contributed by atoms with E-state index in [1.165, 1.54) is 18.2 Å². The third-order valence-electron chi connectivity index (χ3n) is 3.33. The molecule has 11 heteroatoms. The average Bonchev–Trinajstić information content (AvgIpc) is 2.58. The summed E-state index contributed by atoms with van der Waals surface area (Å²) in [7, 11) is 0.